The maximum atomic E-state index is 11.6. The number of aromatic nitrogens is 1. The monoisotopic (exact) mass is 253 g/mol. The molecule has 1 heterocycles. The molecule has 2 saturated carbocycles. The van der Waals surface area contributed by atoms with Crippen molar-refractivity contribution in [1.82, 2.24) is 4.98 Å². The molecule has 2 fully saturated rings. The number of nitrogens with one attached hydrogen (secondary N) is 1. The number of rotatable bonds is 4. The van der Waals surface area contributed by atoms with Crippen molar-refractivity contribution in [3.63, 3.8) is 0 Å². The Kier molecular flexibility index (Phi) is 2.36. The van der Waals surface area contributed by atoms with E-state index in [1.807, 2.05) is 5.38 Å². The van der Waals surface area contributed by atoms with E-state index < -0.39 is 12.0 Å². The summed E-state index contributed by atoms with van der Waals surface area (Å²) in [6.07, 6.45) is 2.69. The highest BCUT2D eigenvalue weighted by atomic mass is 32.1. The second kappa shape index (κ2) is 3.76. The lowest BCUT2D eigenvalue weighted by atomic mass is 10.3. The van der Waals surface area contributed by atoms with E-state index in [0.717, 1.165) is 5.69 Å². The smallest absolute Gasteiger partial charge is 0.236 e. The second-order valence-corrected chi connectivity index (χ2v) is 5.39. The van der Waals surface area contributed by atoms with Crippen molar-refractivity contribution in [3.8, 4) is 0 Å². The van der Waals surface area contributed by atoms with E-state index in [-0.39, 0.29) is 10.8 Å². The second-order valence-electron chi connectivity index (χ2n) is 4.54. The lowest BCUT2D eigenvalue weighted by Crippen LogP contribution is -2.18. The molecular formula is C10H11N3O3S. The molecule has 0 aromatic carbocycles. The van der Waals surface area contributed by atoms with Gasteiger partial charge in [-0.15, -0.1) is 11.3 Å². The molecule has 1 N–H and O–H groups in total. The Morgan fingerprint density at radius 1 is 1.59 bits per heavy atom. The Morgan fingerprint density at radius 3 is 2.94 bits per heavy atom. The van der Waals surface area contributed by atoms with Crippen molar-refractivity contribution in [2.24, 2.45) is 5.92 Å². The van der Waals surface area contributed by atoms with Crippen LogP contribution in [0.25, 0.3) is 0 Å². The Morgan fingerprint density at radius 2 is 2.35 bits per heavy atom. The van der Waals surface area contributed by atoms with Crippen LogP contribution in [0.15, 0.2) is 5.38 Å². The number of hydrogen-bond acceptors (Lipinski definition) is 5. The van der Waals surface area contributed by atoms with Gasteiger partial charge in [0.15, 0.2) is 5.13 Å². The molecule has 1 aromatic heterocycles. The molecule has 2 aliphatic rings. The summed E-state index contributed by atoms with van der Waals surface area (Å²) in [7, 11) is 0. The molecule has 7 heteroatoms. The number of carbonyl (C=O) groups excluding carboxylic acids is 1. The minimum absolute atomic E-state index is 0.275. The van der Waals surface area contributed by atoms with Gasteiger partial charge in [0.05, 0.1) is 5.69 Å². The first kappa shape index (κ1) is 10.6. The summed E-state index contributed by atoms with van der Waals surface area (Å²) in [4.78, 5) is 26.0. The molecule has 3 rings (SSSR count). The number of nitrogens with zero attached hydrogens (tertiary/aromatic N) is 2. The van der Waals surface area contributed by atoms with Gasteiger partial charge in [-0.2, -0.15) is 0 Å². The molecule has 0 aliphatic heterocycles. The van der Waals surface area contributed by atoms with Crippen LogP contribution in [0.5, 0.6) is 0 Å². The van der Waals surface area contributed by atoms with E-state index >= 15 is 0 Å². The minimum Gasteiger partial charge on any atom is -0.301 e. The summed E-state index contributed by atoms with van der Waals surface area (Å²) in [5.74, 6) is -0.189. The normalized spacial score (nSPS) is 26.6. The minimum atomic E-state index is -0.696. The fraction of sp³-hybridized carbons (Fsp3) is 0.600. The zero-order valence-electron chi connectivity index (χ0n) is 8.96. The molecule has 0 saturated heterocycles. The highest BCUT2D eigenvalue weighted by Crippen LogP contribution is 2.41. The summed E-state index contributed by atoms with van der Waals surface area (Å²) in [6, 6.07) is -0.696. The van der Waals surface area contributed by atoms with Crippen molar-refractivity contribution in [2.45, 2.75) is 31.2 Å². The van der Waals surface area contributed by atoms with Gasteiger partial charge in [-0.05, 0) is 12.8 Å². The summed E-state index contributed by atoms with van der Waals surface area (Å²) in [5, 5.41) is 15.6. The molecule has 90 valence electrons. The first-order chi connectivity index (χ1) is 8.15. The summed E-state index contributed by atoms with van der Waals surface area (Å²) in [5.41, 5.74) is 1.03. The number of amides is 1. The van der Waals surface area contributed by atoms with Crippen LogP contribution in [0.2, 0.25) is 0 Å². The van der Waals surface area contributed by atoms with Gasteiger partial charge in [-0.25, -0.2) is 4.98 Å². The van der Waals surface area contributed by atoms with Crippen LogP contribution >= 0.6 is 11.3 Å². The Hall–Kier alpha value is -1.50. The molecule has 1 aromatic rings. The van der Waals surface area contributed by atoms with Gasteiger partial charge in [0.1, 0.15) is 5.92 Å². The van der Waals surface area contributed by atoms with Crippen molar-refractivity contribution >= 4 is 22.4 Å². The first-order valence-corrected chi connectivity index (χ1v) is 6.43. The number of hydrogen-bond donors (Lipinski definition) is 1. The number of carbonyl (C=O) groups is 1. The predicted molar refractivity (Wildman–Crippen MR) is 61.6 cm³/mol. The molecule has 2 atom stereocenters. The van der Waals surface area contributed by atoms with Gasteiger partial charge in [0.2, 0.25) is 11.9 Å². The average Bonchev–Trinajstić information content (AvgIpc) is 3.17. The predicted octanol–water partition coefficient (Wildman–Crippen LogP) is 1.62. The van der Waals surface area contributed by atoms with Crippen LogP contribution in [0, 0.1) is 16.0 Å². The third kappa shape index (κ3) is 2.14. The third-order valence-electron chi connectivity index (χ3n) is 3.11. The fourth-order valence-electron chi connectivity index (χ4n) is 1.80. The van der Waals surface area contributed by atoms with Crippen molar-refractivity contribution in [2.75, 3.05) is 5.32 Å². The molecule has 0 bridgehead atoms. The van der Waals surface area contributed by atoms with Gasteiger partial charge in [-0.1, -0.05) is 0 Å². The summed E-state index contributed by atoms with van der Waals surface area (Å²) in [6.45, 7) is 0. The van der Waals surface area contributed by atoms with E-state index in [4.69, 9.17) is 0 Å². The van der Waals surface area contributed by atoms with Gasteiger partial charge in [0.25, 0.3) is 0 Å². The van der Waals surface area contributed by atoms with E-state index in [1.165, 1.54) is 24.2 Å². The first-order valence-electron chi connectivity index (χ1n) is 5.55. The van der Waals surface area contributed by atoms with Gasteiger partial charge < -0.3 is 5.32 Å². The van der Waals surface area contributed by atoms with Crippen LogP contribution in [0.4, 0.5) is 5.13 Å². The Labute approximate surface area is 101 Å². The number of thiazole rings is 1. The molecule has 0 spiro atoms. The summed E-state index contributed by atoms with van der Waals surface area (Å²) < 4.78 is 0. The SMILES string of the molecule is O=C(Nc1nc(C2CC2)cs1)[C@H]1C[C@H]1[N+](=O)[O-]. The number of anilines is 1. The largest absolute Gasteiger partial charge is 0.301 e. The van der Waals surface area contributed by atoms with Crippen LogP contribution in [0.3, 0.4) is 0 Å². The molecule has 17 heavy (non-hydrogen) atoms. The Bertz CT molecular complexity index is 483. The number of nitro groups is 1. The van der Waals surface area contributed by atoms with E-state index in [9.17, 15) is 14.9 Å². The molecule has 0 radical (unpaired) electrons. The summed E-state index contributed by atoms with van der Waals surface area (Å²) >= 11 is 1.39. The molecule has 2 aliphatic carbocycles. The van der Waals surface area contributed by atoms with Gasteiger partial charge in [0, 0.05) is 22.6 Å². The standard InChI is InChI=1S/C10H11N3O3S/c14-9(6-3-8(6)13(15)16)12-10-11-7(4-17-10)5-1-2-5/h4-6,8H,1-3H2,(H,11,12,14)/t6-,8+/m0/s1. The van der Waals surface area contributed by atoms with Crippen LogP contribution in [-0.2, 0) is 4.79 Å². The average molecular weight is 253 g/mol. The molecule has 0 unspecified atom stereocenters. The zero-order chi connectivity index (χ0) is 12.0. The highest BCUT2D eigenvalue weighted by Gasteiger charge is 2.53. The topological polar surface area (TPSA) is 85.1 Å². The van der Waals surface area contributed by atoms with Crippen molar-refractivity contribution in [1.29, 1.82) is 0 Å². The molecule has 1 amide bonds. The third-order valence-corrected chi connectivity index (χ3v) is 3.89. The van der Waals surface area contributed by atoms with Gasteiger partial charge in [-0.3, -0.25) is 14.9 Å². The lowest BCUT2D eigenvalue weighted by molar-refractivity contribution is -0.497. The van der Waals surface area contributed by atoms with Crippen LogP contribution in [0.1, 0.15) is 30.9 Å². The van der Waals surface area contributed by atoms with Crippen molar-refractivity contribution < 1.29 is 9.72 Å². The van der Waals surface area contributed by atoms with Crippen LogP contribution < -0.4 is 5.32 Å². The maximum absolute atomic E-state index is 11.6. The maximum Gasteiger partial charge on any atom is 0.236 e. The van der Waals surface area contributed by atoms with Crippen LogP contribution in [-0.4, -0.2) is 21.9 Å². The fourth-order valence-corrected chi connectivity index (χ4v) is 2.60. The Balaban J connectivity index is 1.59. The molecule has 6 nitrogen and oxygen atoms in total. The van der Waals surface area contributed by atoms with E-state index in [1.54, 1.807) is 0 Å². The zero-order valence-corrected chi connectivity index (χ0v) is 9.77. The molecular weight excluding hydrogens is 242 g/mol. The highest BCUT2D eigenvalue weighted by molar-refractivity contribution is 7.13. The van der Waals surface area contributed by atoms with Gasteiger partial charge >= 0.3 is 0 Å². The lowest BCUT2D eigenvalue weighted by Gasteiger charge is -1.97. The van der Waals surface area contributed by atoms with E-state index in [0.29, 0.717) is 17.5 Å². The quantitative estimate of drug-likeness (QED) is 0.652. The van der Waals surface area contributed by atoms with E-state index in [2.05, 4.69) is 10.3 Å². The van der Waals surface area contributed by atoms with Crippen molar-refractivity contribution in [3.05, 3.63) is 21.2 Å².